The number of ether oxygens (including phenoxy) is 2. The minimum absolute atomic E-state index is 0.147. The first-order chi connectivity index (χ1) is 9.81. The van der Waals surface area contributed by atoms with Crippen LogP contribution in [0.3, 0.4) is 0 Å². The van der Waals surface area contributed by atoms with Gasteiger partial charge in [-0.1, -0.05) is 20.8 Å². The SMILES string of the molecule is COc1ccc(Oc2cc(F)ccc2N)c(C(C)(C)C)c1. The largest absolute Gasteiger partial charge is 0.497 e. The Labute approximate surface area is 124 Å². The lowest BCUT2D eigenvalue weighted by atomic mass is 9.86. The predicted molar refractivity (Wildman–Crippen MR) is 82.6 cm³/mol. The Morgan fingerprint density at radius 1 is 1.00 bits per heavy atom. The zero-order chi connectivity index (χ0) is 15.6. The molecule has 0 aliphatic heterocycles. The molecule has 2 aromatic rings. The van der Waals surface area contributed by atoms with Crippen molar-refractivity contribution in [3.05, 3.63) is 47.8 Å². The van der Waals surface area contributed by atoms with Crippen molar-refractivity contribution in [3.63, 3.8) is 0 Å². The molecule has 0 radical (unpaired) electrons. The third-order valence-electron chi connectivity index (χ3n) is 3.19. The molecule has 0 saturated carbocycles. The summed E-state index contributed by atoms with van der Waals surface area (Å²) in [5, 5.41) is 0. The normalized spacial score (nSPS) is 11.3. The monoisotopic (exact) mass is 289 g/mol. The van der Waals surface area contributed by atoms with Crippen LogP contribution in [0.1, 0.15) is 26.3 Å². The lowest BCUT2D eigenvalue weighted by Gasteiger charge is -2.23. The Morgan fingerprint density at radius 3 is 2.33 bits per heavy atom. The molecule has 0 atom stereocenters. The predicted octanol–water partition coefficient (Wildman–Crippen LogP) is 4.51. The summed E-state index contributed by atoms with van der Waals surface area (Å²) < 4.78 is 24.4. The van der Waals surface area contributed by atoms with Gasteiger partial charge in [0.1, 0.15) is 17.3 Å². The molecule has 0 bridgehead atoms. The molecule has 0 unspecified atom stereocenters. The van der Waals surface area contributed by atoms with Gasteiger partial charge in [-0.25, -0.2) is 4.39 Å². The van der Waals surface area contributed by atoms with Crippen molar-refractivity contribution >= 4 is 5.69 Å². The van der Waals surface area contributed by atoms with Crippen LogP contribution in [0.4, 0.5) is 10.1 Å². The molecule has 0 heterocycles. The summed E-state index contributed by atoms with van der Waals surface area (Å²) in [6.07, 6.45) is 0. The van der Waals surface area contributed by atoms with Crippen LogP contribution < -0.4 is 15.2 Å². The van der Waals surface area contributed by atoms with Crippen molar-refractivity contribution in [2.45, 2.75) is 26.2 Å². The second kappa shape index (κ2) is 5.64. The first kappa shape index (κ1) is 15.2. The van der Waals surface area contributed by atoms with Gasteiger partial charge in [-0.2, -0.15) is 0 Å². The summed E-state index contributed by atoms with van der Waals surface area (Å²) in [5.74, 6) is 1.32. The fourth-order valence-electron chi connectivity index (χ4n) is 2.03. The summed E-state index contributed by atoms with van der Waals surface area (Å²) in [7, 11) is 1.62. The van der Waals surface area contributed by atoms with Crippen LogP contribution in [0.5, 0.6) is 17.2 Å². The average molecular weight is 289 g/mol. The number of rotatable bonds is 3. The van der Waals surface area contributed by atoms with Gasteiger partial charge in [-0.15, -0.1) is 0 Å². The lowest BCUT2D eigenvalue weighted by molar-refractivity contribution is 0.407. The standard InChI is InChI=1S/C17H20FNO2/c1-17(2,3)13-10-12(20-4)6-8-15(13)21-16-9-11(18)5-7-14(16)19/h5-10H,19H2,1-4H3. The molecule has 0 aliphatic rings. The molecule has 0 saturated heterocycles. The quantitative estimate of drug-likeness (QED) is 0.846. The summed E-state index contributed by atoms with van der Waals surface area (Å²) in [4.78, 5) is 0. The third kappa shape index (κ3) is 3.45. The molecular weight excluding hydrogens is 269 g/mol. The van der Waals surface area contributed by atoms with Gasteiger partial charge in [-0.3, -0.25) is 0 Å². The van der Waals surface area contributed by atoms with E-state index in [0.717, 1.165) is 11.3 Å². The first-order valence-corrected chi connectivity index (χ1v) is 6.72. The van der Waals surface area contributed by atoms with E-state index in [1.54, 1.807) is 13.2 Å². The first-order valence-electron chi connectivity index (χ1n) is 6.72. The molecule has 3 nitrogen and oxygen atoms in total. The third-order valence-corrected chi connectivity index (χ3v) is 3.19. The van der Waals surface area contributed by atoms with Crippen molar-refractivity contribution in [1.29, 1.82) is 0 Å². The fraction of sp³-hybridized carbons (Fsp3) is 0.294. The zero-order valence-electron chi connectivity index (χ0n) is 12.7. The molecule has 2 aromatic carbocycles. The summed E-state index contributed by atoms with van der Waals surface area (Å²) in [6.45, 7) is 6.22. The van der Waals surface area contributed by atoms with E-state index < -0.39 is 0 Å². The topological polar surface area (TPSA) is 44.5 Å². The smallest absolute Gasteiger partial charge is 0.153 e. The van der Waals surface area contributed by atoms with E-state index in [1.165, 1.54) is 18.2 Å². The molecule has 0 spiro atoms. The molecule has 4 heteroatoms. The van der Waals surface area contributed by atoms with Crippen LogP contribution in [0.15, 0.2) is 36.4 Å². The highest BCUT2D eigenvalue weighted by Gasteiger charge is 2.21. The average Bonchev–Trinajstić information content (AvgIpc) is 2.42. The van der Waals surface area contributed by atoms with Crippen molar-refractivity contribution in [2.24, 2.45) is 0 Å². The van der Waals surface area contributed by atoms with Gasteiger partial charge >= 0.3 is 0 Å². The lowest BCUT2D eigenvalue weighted by Crippen LogP contribution is -2.13. The van der Waals surface area contributed by atoms with Crippen LogP contribution in [-0.2, 0) is 5.41 Å². The number of hydrogen-bond donors (Lipinski definition) is 1. The maximum atomic E-state index is 13.3. The van der Waals surface area contributed by atoms with Gasteiger partial charge in [0.05, 0.1) is 12.8 Å². The molecule has 0 fully saturated rings. The molecular formula is C17H20FNO2. The van der Waals surface area contributed by atoms with E-state index >= 15 is 0 Å². The highest BCUT2D eigenvalue weighted by molar-refractivity contribution is 5.55. The highest BCUT2D eigenvalue weighted by atomic mass is 19.1. The Morgan fingerprint density at radius 2 is 1.71 bits per heavy atom. The summed E-state index contributed by atoms with van der Waals surface area (Å²) >= 11 is 0. The van der Waals surface area contributed by atoms with Gasteiger partial charge in [0, 0.05) is 11.6 Å². The molecule has 0 aliphatic carbocycles. The number of methoxy groups -OCH3 is 1. The fourth-order valence-corrected chi connectivity index (χ4v) is 2.03. The maximum Gasteiger partial charge on any atom is 0.153 e. The van der Waals surface area contributed by atoms with Gasteiger partial charge in [0.2, 0.25) is 0 Å². The van der Waals surface area contributed by atoms with Crippen molar-refractivity contribution in [3.8, 4) is 17.2 Å². The number of nitrogen functional groups attached to an aromatic ring is 1. The van der Waals surface area contributed by atoms with Crippen LogP contribution in [0.2, 0.25) is 0 Å². The molecule has 0 aromatic heterocycles. The number of benzene rings is 2. The number of halogens is 1. The second-order valence-electron chi connectivity index (χ2n) is 5.90. The highest BCUT2D eigenvalue weighted by Crippen LogP contribution is 2.38. The molecule has 21 heavy (non-hydrogen) atoms. The second-order valence-corrected chi connectivity index (χ2v) is 5.90. The van der Waals surface area contributed by atoms with E-state index in [0.29, 0.717) is 17.2 Å². The molecule has 112 valence electrons. The van der Waals surface area contributed by atoms with Crippen LogP contribution in [0.25, 0.3) is 0 Å². The zero-order valence-corrected chi connectivity index (χ0v) is 12.7. The van der Waals surface area contributed by atoms with Crippen molar-refractivity contribution < 1.29 is 13.9 Å². The van der Waals surface area contributed by atoms with Gasteiger partial charge in [0.25, 0.3) is 0 Å². The van der Waals surface area contributed by atoms with Crippen molar-refractivity contribution in [2.75, 3.05) is 12.8 Å². The molecule has 2 N–H and O–H groups in total. The van der Waals surface area contributed by atoms with E-state index in [2.05, 4.69) is 20.8 Å². The van der Waals surface area contributed by atoms with E-state index in [9.17, 15) is 4.39 Å². The van der Waals surface area contributed by atoms with E-state index in [1.807, 2.05) is 12.1 Å². The maximum absolute atomic E-state index is 13.3. The van der Waals surface area contributed by atoms with E-state index in [4.69, 9.17) is 15.2 Å². The number of hydrogen-bond acceptors (Lipinski definition) is 3. The Balaban J connectivity index is 2.46. The van der Waals surface area contributed by atoms with Gasteiger partial charge in [0.15, 0.2) is 5.75 Å². The Hall–Kier alpha value is -2.23. The molecule has 2 rings (SSSR count). The minimum Gasteiger partial charge on any atom is -0.497 e. The minimum atomic E-state index is -0.384. The van der Waals surface area contributed by atoms with Gasteiger partial charge in [-0.05, 0) is 35.7 Å². The van der Waals surface area contributed by atoms with Crippen LogP contribution >= 0.6 is 0 Å². The van der Waals surface area contributed by atoms with E-state index in [-0.39, 0.29) is 11.2 Å². The Bertz CT molecular complexity index is 648. The summed E-state index contributed by atoms with van der Waals surface area (Å²) in [5.41, 5.74) is 7.05. The van der Waals surface area contributed by atoms with Crippen LogP contribution in [-0.4, -0.2) is 7.11 Å². The Kier molecular flexibility index (Phi) is 4.07. The van der Waals surface area contributed by atoms with Gasteiger partial charge < -0.3 is 15.2 Å². The van der Waals surface area contributed by atoms with Crippen molar-refractivity contribution in [1.82, 2.24) is 0 Å². The summed E-state index contributed by atoms with van der Waals surface area (Å²) in [6, 6.07) is 9.62. The van der Waals surface area contributed by atoms with Crippen LogP contribution in [0, 0.1) is 5.82 Å². The molecule has 0 amide bonds. The number of anilines is 1. The number of nitrogens with two attached hydrogens (primary N) is 1.